The van der Waals surface area contributed by atoms with Crippen molar-refractivity contribution < 1.29 is 19.1 Å². The summed E-state index contributed by atoms with van der Waals surface area (Å²) in [5, 5.41) is 0. The Balaban J connectivity index is 1.86. The summed E-state index contributed by atoms with van der Waals surface area (Å²) in [6.45, 7) is 9.02. The molecule has 0 aliphatic carbocycles. The molecule has 6 nitrogen and oxygen atoms in total. The van der Waals surface area contributed by atoms with Crippen LogP contribution in [0.2, 0.25) is 0 Å². The first kappa shape index (κ1) is 19.9. The minimum atomic E-state index is -0.604. The molecule has 0 N–H and O–H groups in total. The van der Waals surface area contributed by atoms with E-state index in [1.54, 1.807) is 0 Å². The van der Waals surface area contributed by atoms with Crippen LogP contribution >= 0.6 is 0 Å². The summed E-state index contributed by atoms with van der Waals surface area (Å²) in [5.74, 6) is -1.17. The Morgan fingerprint density at radius 2 is 1.68 bits per heavy atom. The number of ether oxygens (including phenoxy) is 1. The van der Waals surface area contributed by atoms with E-state index in [-0.39, 0.29) is 24.4 Å². The normalized spacial score (nSPS) is 22.9. The molecular weight excluding hydrogens is 320 g/mol. The maximum atomic E-state index is 12.5. The van der Waals surface area contributed by atoms with Crippen molar-refractivity contribution in [2.75, 3.05) is 26.2 Å². The third-order valence-electron chi connectivity index (χ3n) is 4.90. The Bertz CT molecular complexity index is 486. The highest BCUT2D eigenvalue weighted by molar-refractivity contribution is 6.36. The van der Waals surface area contributed by atoms with Gasteiger partial charge in [-0.25, -0.2) is 4.79 Å². The van der Waals surface area contributed by atoms with Gasteiger partial charge in [0.25, 0.3) is 5.91 Å². The lowest BCUT2D eigenvalue weighted by Gasteiger charge is -2.30. The lowest BCUT2D eigenvalue weighted by molar-refractivity contribution is -0.159. The van der Waals surface area contributed by atoms with Gasteiger partial charge < -0.3 is 9.64 Å². The summed E-state index contributed by atoms with van der Waals surface area (Å²) in [6.07, 6.45) is 5.01. The molecule has 2 fully saturated rings. The summed E-state index contributed by atoms with van der Waals surface area (Å²) in [7, 11) is 0. The van der Waals surface area contributed by atoms with Crippen molar-refractivity contribution in [1.82, 2.24) is 9.80 Å². The first-order chi connectivity index (χ1) is 11.9. The van der Waals surface area contributed by atoms with Crippen LogP contribution in [0.1, 0.15) is 59.3 Å². The number of likely N-dealkylation sites (tertiary alicyclic amines) is 2. The molecule has 0 radical (unpaired) electrons. The number of ketones is 1. The van der Waals surface area contributed by atoms with Crippen LogP contribution in [0.15, 0.2) is 0 Å². The van der Waals surface area contributed by atoms with Crippen LogP contribution < -0.4 is 0 Å². The molecule has 0 saturated carbocycles. The smallest absolute Gasteiger partial charge is 0.329 e. The molecular formula is C19H32N2O4. The van der Waals surface area contributed by atoms with Gasteiger partial charge in [-0.1, -0.05) is 20.3 Å². The Hall–Kier alpha value is -1.43. The van der Waals surface area contributed by atoms with Crippen molar-refractivity contribution in [3.8, 4) is 0 Å². The molecule has 2 aliphatic rings. The third-order valence-corrected chi connectivity index (χ3v) is 4.90. The molecule has 1 unspecified atom stereocenters. The highest BCUT2D eigenvalue weighted by Crippen LogP contribution is 2.21. The van der Waals surface area contributed by atoms with E-state index in [1.165, 1.54) is 24.2 Å². The molecule has 25 heavy (non-hydrogen) atoms. The van der Waals surface area contributed by atoms with Gasteiger partial charge in [0.15, 0.2) is 0 Å². The number of carbonyl (C=O) groups is 3. The molecule has 2 rings (SSSR count). The second-order valence-electron chi connectivity index (χ2n) is 7.79. The molecule has 0 aromatic carbocycles. The first-order valence-corrected chi connectivity index (χ1v) is 9.65. The minimum absolute atomic E-state index is 0.133. The van der Waals surface area contributed by atoms with Crippen molar-refractivity contribution in [3.63, 3.8) is 0 Å². The zero-order chi connectivity index (χ0) is 18.4. The SMILES string of the molecule is CC(C)CC(=O)C(=O)N1CCC[C@H]1C(=O)OC(C)CN1CCCCC1. The van der Waals surface area contributed by atoms with Crippen molar-refractivity contribution >= 4 is 17.7 Å². The van der Waals surface area contributed by atoms with Gasteiger partial charge in [0.05, 0.1) is 0 Å². The Morgan fingerprint density at radius 1 is 1.00 bits per heavy atom. The third kappa shape index (κ3) is 5.80. The summed E-state index contributed by atoms with van der Waals surface area (Å²) in [5.41, 5.74) is 0. The highest BCUT2D eigenvalue weighted by atomic mass is 16.5. The van der Waals surface area contributed by atoms with Crippen molar-refractivity contribution in [2.24, 2.45) is 5.92 Å². The number of esters is 1. The minimum Gasteiger partial charge on any atom is -0.460 e. The molecule has 0 aromatic rings. The summed E-state index contributed by atoms with van der Waals surface area (Å²) < 4.78 is 5.59. The van der Waals surface area contributed by atoms with Crippen LogP contribution in [0, 0.1) is 5.92 Å². The van der Waals surface area contributed by atoms with Gasteiger partial charge in [-0.3, -0.25) is 14.5 Å². The van der Waals surface area contributed by atoms with E-state index in [0.29, 0.717) is 13.0 Å². The fourth-order valence-corrected chi connectivity index (χ4v) is 3.69. The van der Waals surface area contributed by atoms with E-state index >= 15 is 0 Å². The number of nitrogens with zero attached hydrogens (tertiary/aromatic N) is 2. The molecule has 142 valence electrons. The number of hydrogen-bond donors (Lipinski definition) is 0. The van der Waals surface area contributed by atoms with E-state index in [1.807, 2.05) is 20.8 Å². The fourth-order valence-electron chi connectivity index (χ4n) is 3.69. The number of hydrogen-bond acceptors (Lipinski definition) is 5. The monoisotopic (exact) mass is 352 g/mol. The van der Waals surface area contributed by atoms with Crippen molar-refractivity contribution in [3.05, 3.63) is 0 Å². The van der Waals surface area contributed by atoms with Gasteiger partial charge in [0.1, 0.15) is 12.1 Å². The highest BCUT2D eigenvalue weighted by Gasteiger charge is 2.38. The van der Waals surface area contributed by atoms with E-state index < -0.39 is 17.7 Å². The second kappa shape index (κ2) is 9.32. The van der Waals surface area contributed by atoms with Gasteiger partial charge in [0.2, 0.25) is 5.78 Å². The standard InChI is InChI=1S/C19H32N2O4/c1-14(2)12-17(22)18(23)21-11-7-8-16(21)19(24)25-15(3)13-20-9-5-4-6-10-20/h14-16H,4-13H2,1-3H3/t15?,16-/m0/s1. The van der Waals surface area contributed by atoms with Crippen LogP contribution in [-0.2, 0) is 19.1 Å². The largest absolute Gasteiger partial charge is 0.460 e. The predicted octanol–water partition coefficient (Wildman–Crippen LogP) is 2.01. The topological polar surface area (TPSA) is 66.9 Å². The Labute approximate surface area is 150 Å². The second-order valence-corrected chi connectivity index (χ2v) is 7.79. The first-order valence-electron chi connectivity index (χ1n) is 9.65. The molecule has 2 atom stereocenters. The molecule has 0 spiro atoms. The van der Waals surface area contributed by atoms with Crippen LogP contribution in [0.4, 0.5) is 0 Å². The van der Waals surface area contributed by atoms with Crippen molar-refractivity contribution in [2.45, 2.75) is 71.4 Å². The summed E-state index contributed by atoms with van der Waals surface area (Å²) >= 11 is 0. The molecule has 2 saturated heterocycles. The quantitative estimate of drug-likeness (QED) is 0.518. The Morgan fingerprint density at radius 3 is 2.32 bits per heavy atom. The van der Waals surface area contributed by atoms with E-state index in [4.69, 9.17) is 4.74 Å². The molecule has 2 aliphatic heterocycles. The molecule has 0 aromatic heterocycles. The van der Waals surface area contributed by atoms with Crippen molar-refractivity contribution in [1.29, 1.82) is 0 Å². The van der Waals surface area contributed by atoms with Gasteiger partial charge >= 0.3 is 5.97 Å². The number of piperidine rings is 1. The molecule has 2 heterocycles. The molecule has 1 amide bonds. The zero-order valence-electron chi connectivity index (χ0n) is 15.8. The van der Waals surface area contributed by atoms with E-state index in [0.717, 1.165) is 26.1 Å². The van der Waals surface area contributed by atoms with Gasteiger partial charge in [-0.15, -0.1) is 0 Å². The number of amides is 1. The van der Waals surface area contributed by atoms with E-state index in [9.17, 15) is 14.4 Å². The van der Waals surface area contributed by atoms with Gasteiger partial charge in [-0.2, -0.15) is 0 Å². The fraction of sp³-hybridized carbons (Fsp3) is 0.842. The summed E-state index contributed by atoms with van der Waals surface area (Å²) in [6, 6.07) is -0.604. The van der Waals surface area contributed by atoms with E-state index in [2.05, 4.69) is 4.90 Å². The molecule has 6 heteroatoms. The number of carbonyl (C=O) groups excluding carboxylic acids is 3. The van der Waals surface area contributed by atoms with Gasteiger partial charge in [0, 0.05) is 19.5 Å². The lowest BCUT2D eigenvalue weighted by atomic mass is 10.1. The number of Topliss-reactive ketones (excluding diaryl/α,β-unsaturated/α-hetero) is 1. The van der Waals surface area contributed by atoms with Crippen LogP contribution in [0.5, 0.6) is 0 Å². The Kier molecular flexibility index (Phi) is 7.41. The zero-order valence-corrected chi connectivity index (χ0v) is 15.8. The average molecular weight is 352 g/mol. The molecule has 0 bridgehead atoms. The number of rotatable bonds is 7. The van der Waals surface area contributed by atoms with Gasteiger partial charge in [-0.05, 0) is 51.6 Å². The summed E-state index contributed by atoms with van der Waals surface area (Å²) in [4.78, 5) is 40.7. The average Bonchev–Trinajstić information content (AvgIpc) is 3.03. The maximum absolute atomic E-state index is 12.5. The predicted molar refractivity (Wildman–Crippen MR) is 95.0 cm³/mol. The van der Waals surface area contributed by atoms with Crippen LogP contribution in [-0.4, -0.2) is 65.8 Å². The van der Waals surface area contributed by atoms with Crippen LogP contribution in [0.3, 0.4) is 0 Å². The lowest BCUT2D eigenvalue weighted by Crippen LogP contribution is -2.46. The van der Waals surface area contributed by atoms with Crippen LogP contribution in [0.25, 0.3) is 0 Å². The maximum Gasteiger partial charge on any atom is 0.329 e.